The van der Waals surface area contributed by atoms with E-state index < -0.39 is 0 Å². The molecule has 3 atom stereocenters. The van der Waals surface area contributed by atoms with Crippen molar-refractivity contribution in [2.45, 2.75) is 52.0 Å². The molecule has 1 saturated heterocycles. The third-order valence-corrected chi connectivity index (χ3v) is 3.99. The number of likely N-dealkylation sites (tertiary alicyclic amines) is 1. The Morgan fingerprint density at radius 1 is 1.00 bits per heavy atom. The van der Waals surface area contributed by atoms with E-state index in [4.69, 9.17) is 0 Å². The van der Waals surface area contributed by atoms with Crippen LogP contribution in [-0.4, -0.2) is 24.0 Å². The summed E-state index contributed by atoms with van der Waals surface area (Å²) in [7, 11) is 0. The summed E-state index contributed by atoms with van der Waals surface area (Å²) < 4.78 is 0. The first-order valence-corrected chi connectivity index (χ1v) is 6.01. The third kappa shape index (κ3) is 2.07. The first kappa shape index (κ1) is 9.51. The molecular weight excluding hydrogens is 158 g/mol. The first-order chi connectivity index (χ1) is 6.27. The maximum atomic E-state index is 2.76. The molecule has 1 aliphatic heterocycles. The predicted molar refractivity (Wildman–Crippen MR) is 56.8 cm³/mol. The van der Waals surface area contributed by atoms with Gasteiger partial charge in [-0.3, -0.25) is 4.90 Å². The molecule has 1 heteroatoms. The van der Waals surface area contributed by atoms with Gasteiger partial charge in [-0.2, -0.15) is 0 Å². The smallest absolute Gasteiger partial charge is 0.0121 e. The largest absolute Gasteiger partial charge is 0.300 e. The molecule has 1 saturated carbocycles. The minimum atomic E-state index is 0.929. The highest BCUT2D eigenvalue weighted by Gasteiger charge is 2.30. The zero-order valence-corrected chi connectivity index (χ0v) is 9.13. The number of hydrogen-bond acceptors (Lipinski definition) is 1. The summed E-state index contributed by atoms with van der Waals surface area (Å²) in [6.45, 7) is 7.59. The van der Waals surface area contributed by atoms with E-state index in [2.05, 4.69) is 18.7 Å². The van der Waals surface area contributed by atoms with Crippen molar-refractivity contribution >= 4 is 0 Å². The highest BCUT2D eigenvalue weighted by atomic mass is 15.2. The number of nitrogens with zero attached hydrogens (tertiary/aromatic N) is 1. The minimum absolute atomic E-state index is 0.929. The minimum Gasteiger partial charge on any atom is -0.300 e. The molecule has 2 aliphatic rings. The van der Waals surface area contributed by atoms with Crippen LogP contribution in [0.1, 0.15) is 46.0 Å². The lowest BCUT2D eigenvalue weighted by Gasteiger charge is -2.36. The second-order valence-corrected chi connectivity index (χ2v) is 5.22. The summed E-state index contributed by atoms with van der Waals surface area (Å²) in [4.78, 5) is 2.76. The van der Waals surface area contributed by atoms with E-state index in [1.807, 2.05) is 0 Å². The third-order valence-electron chi connectivity index (χ3n) is 3.99. The zero-order valence-electron chi connectivity index (χ0n) is 9.13. The first-order valence-electron chi connectivity index (χ1n) is 6.01. The molecule has 76 valence electrons. The van der Waals surface area contributed by atoms with E-state index >= 15 is 0 Å². The summed E-state index contributed by atoms with van der Waals surface area (Å²) in [6.07, 6.45) is 7.31. The van der Waals surface area contributed by atoms with Gasteiger partial charge in [0.15, 0.2) is 0 Å². The van der Waals surface area contributed by atoms with Crippen molar-refractivity contribution in [2.75, 3.05) is 13.1 Å². The Morgan fingerprint density at radius 2 is 1.77 bits per heavy atom. The van der Waals surface area contributed by atoms with Crippen molar-refractivity contribution in [3.63, 3.8) is 0 Å². The normalized spacial score (nSPS) is 42.5. The Labute approximate surface area is 82.5 Å². The Balaban J connectivity index is 1.91. The molecule has 13 heavy (non-hydrogen) atoms. The van der Waals surface area contributed by atoms with E-state index in [0.29, 0.717) is 0 Å². The van der Waals surface area contributed by atoms with Crippen LogP contribution in [0.2, 0.25) is 0 Å². The Hall–Kier alpha value is -0.0400. The summed E-state index contributed by atoms with van der Waals surface area (Å²) in [5, 5.41) is 0. The van der Waals surface area contributed by atoms with Crippen LogP contribution in [0.5, 0.6) is 0 Å². The van der Waals surface area contributed by atoms with Gasteiger partial charge < -0.3 is 0 Å². The van der Waals surface area contributed by atoms with E-state index in [9.17, 15) is 0 Å². The lowest BCUT2D eigenvalue weighted by molar-refractivity contribution is 0.135. The molecule has 0 aromatic heterocycles. The maximum absolute atomic E-state index is 2.76. The molecule has 1 heterocycles. The van der Waals surface area contributed by atoms with Gasteiger partial charge in [0.1, 0.15) is 0 Å². The van der Waals surface area contributed by atoms with Crippen LogP contribution in [0.25, 0.3) is 0 Å². The van der Waals surface area contributed by atoms with Gasteiger partial charge in [-0.15, -0.1) is 0 Å². The summed E-state index contributed by atoms with van der Waals surface area (Å²) in [5.74, 6) is 1.91. The van der Waals surface area contributed by atoms with Crippen LogP contribution in [0.15, 0.2) is 0 Å². The molecule has 0 aromatic rings. The zero-order chi connectivity index (χ0) is 9.26. The van der Waals surface area contributed by atoms with Crippen LogP contribution in [-0.2, 0) is 0 Å². The second kappa shape index (κ2) is 4.00. The highest BCUT2D eigenvalue weighted by molar-refractivity contribution is 4.85. The Morgan fingerprint density at radius 3 is 2.38 bits per heavy atom. The van der Waals surface area contributed by atoms with E-state index in [-0.39, 0.29) is 0 Å². The van der Waals surface area contributed by atoms with E-state index in [1.54, 1.807) is 0 Å². The van der Waals surface area contributed by atoms with Crippen LogP contribution in [0.3, 0.4) is 0 Å². The van der Waals surface area contributed by atoms with Crippen LogP contribution in [0, 0.1) is 11.8 Å². The van der Waals surface area contributed by atoms with Crippen molar-refractivity contribution < 1.29 is 0 Å². The van der Waals surface area contributed by atoms with Crippen molar-refractivity contribution in [1.82, 2.24) is 4.90 Å². The average molecular weight is 181 g/mol. The van der Waals surface area contributed by atoms with Gasteiger partial charge in [-0.25, -0.2) is 0 Å². The van der Waals surface area contributed by atoms with Gasteiger partial charge in [-0.1, -0.05) is 26.7 Å². The average Bonchev–Trinajstić information content (AvgIpc) is 2.53. The maximum Gasteiger partial charge on any atom is 0.0121 e. The molecule has 2 rings (SSSR count). The van der Waals surface area contributed by atoms with E-state index in [0.717, 1.165) is 17.9 Å². The monoisotopic (exact) mass is 181 g/mol. The predicted octanol–water partition coefficient (Wildman–Crippen LogP) is 2.91. The van der Waals surface area contributed by atoms with Crippen molar-refractivity contribution in [3.05, 3.63) is 0 Å². The fourth-order valence-electron chi connectivity index (χ4n) is 3.11. The van der Waals surface area contributed by atoms with Gasteiger partial charge in [-0.05, 0) is 37.6 Å². The molecule has 0 spiro atoms. The molecule has 0 radical (unpaired) electrons. The molecule has 0 amide bonds. The second-order valence-electron chi connectivity index (χ2n) is 5.22. The lowest BCUT2D eigenvalue weighted by Crippen LogP contribution is -2.39. The number of rotatable bonds is 1. The fourth-order valence-corrected chi connectivity index (χ4v) is 3.11. The molecule has 0 unspecified atom stereocenters. The topological polar surface area (TPSA) is 3.24 Å². The van der Waals surface area contributed by atoms with E-state index in [1.165, 1.54) is 45.2 Å². The molecule has 1 nitrogen and oxygen atoms in total. The Bertz CT molecular complexity index is 167. The Kier molecular flexibility index (Phi) is 2.92. The summed E-state index contributed by atoms with van der Waals surface area (Å²) in [6, 6.07) is 0.929. The van der Waals surface area contributed by atoms with Gasteiger partial charge in [0, 0.05) is 12.6 Å². The lowest BCUT2D eigenvalue weighted by atomic mass is 9.85. The van der Waals surface area contributed by atoms with Gasteiger partial charge in [0.2, 0.25) is 0 Å². The highest BCUT2D eigenvalue weighted by Crippen LogP contribution is 2.31. The summed E-state index contributed by atoms with van der Waals surface area (Å²) in [5.41, 5.74) is 0. The summed E-state index contributed by atoms with van der Waals surface area (Å²) >= 11 is 0. The van der Waals surface area contributed by atoms with Crippen molar-refractivity contribution in [1.29, 1.82) is 0 Å². The van der Waals surface area contributed by atoms with Gasteiger partial charge >= 0.3 is 0 Å². The van der Waals surface area contributed by atoms with Crippen LogP contribution in [0.4, 0.5) is 0 Å². The van der Waals surface area contributed by atoms with Crippen LogP contribution < -0.4 is 0 Å². The standard InChI is InChI=1S/C12H23N/c1-10-7-8-13(9-10)12-6-4-3-5-11(12)2/h10-12H,3-9H2,1-2H3/t10-,11+,12-/m0/s1. The fraction of sp³-hybridized carbons (Fsp3) is 1.00. The van der Waals surface area contributed by atoms with Gasteiger partial charge in [0.25, 0.3) is 0 Å². The molecule has 0 aromatic carbocycles. The molecule has 0 bridgehead atoms. The van der Waals surface area contributed by atoms with Crippen molar-refractivity contribution in [2.24, 2.45) is 11.8 Å². The SMILES string of the molecule is C[C@H]1CCN([C@H]2CCCC[C@H]2C)C1. The molecule has 0 N–H and O–H groups in total. The molecule has 2 fully saturated rings. The van der Waals surface area contributed by atoms with Crippen molar-refractivity contribution in [3.8, 4) is 0 Å². The quantitative estimate of drug-likeness (QED) is 0.601. The van der Waals surface area contributed by atoms with Crippen LogP contribution >= 0.6 is 0 Å². The van der Waals surface area contributed by atoms with Gasteiger partial charge in [0.05, 0.1) is 0 Å². The molecule has 1 aliphatic carbocycles. The molecular formula is C12H23N. The number of hydrogen-bond donors (Lipinski definition) is 0.